The number of carbonyl (C=O) groups is 1. The van der Waals surface area contributed by atoms with Crippen LogP contribution in [0, 0.1) is 0 Å². The van der Waals surface area contributed by atoms with Crippen LogP contribution in [0.15, 0.2) is 30.3 Å². The van der Waals surface area contributed by atoms with Crippen LogP contribution in [0.1, 0.15) is 35.1 Å². The molecule has 122 valence electrons. The smallest absolute Gasteiger partial charge is 0.273 e. The van der Waals surface area contributed by atoms with Crippen LogP contribution >= 0.6 is 22.9 Å². The molecule has 2 aromatic rings. The zero-order chi connectivity index (χ0) is 16.4. The number of rotatable bonds is 3. The molecule has 2 heterocycles. The molecule has 0 radical (unpaired) electrons. The number of hydrogen-bond donors (Lipinski definition) is 0. The third-order valence-electron chi connectivity index (χ3n) is 4.04. The van der Waals surface area contributed by atoms with Crippen molar-refractivity contribution in [2.75, 3.05) is 31.1 Å². The highest BCUT2D eigenvalue weighted by molar-refractivity contribution is 7.16. The Bertz CT molecular complexity index is 678. The number of halogens is 1. The van der Waals surface area contributed by atoms with Gasteiger partial charge in [0.25, 0.3) is 5.91 Å². The van der Waals surface area contributed by atoms with Crippen molar-refractivity contribution in [2.24, 2.45) is 0 Å². The maximum absolute atomic E-state index is 12.8. The first kappa shape index (κ1) is 16.3. The predicted molar refractivity (Wildman–Crippen MR) is 95.8 cm³/mol. The van der Waals surface area contributed by atoms with Gasteiger partial charge in [0, 0.05) is 36.7 Å². The quantitative estimate of drug-likeness (QED) is 0.843. The minimum atomic E-state index is 0.00422. The Labute approximate surface area is 145 Å². The second-order valence-electron chi connectivity index (χ2n) is 5.95. The molecular formula is C17H20ClN3OS. The summed E-state index contributed by atoms with van der Waals surface area (Å²) in [5.74, 6) is 0.258. The molecule has 0 N–H and O–H groups in total. The van der Waals surface area contributed by atoms with Crippen molar-refractivity contribution in [3.63, 3.8) is 0 Å². The second-order valence-corrected chi connectivity index (χ2v) is 7.56. The number of anilines is 1. The normalized spacial score (nSPS) is 15.3. The Balaban J connectivity index is 1.69. The Kier molecular flexibility index (Phi) is 4.87. The van der Waals surface area contributed by atoms with Gasteiger partial charge in [-0.05, 0) is 18.1 Å². The molecule has 1 aromatic heterocycles. The molecule has 6 heteroatoms. The van der Waals surface area contributed by atoms with Crippen LogP contribution in [-0.2, 0) is 0 Å². The first-order chi connectivity index (χ1) is 11.1. The van der Waals surface area contributed by atoms with E-state index in [0.717, 1.165) is 18.0 Å². The molecule has 0 spiro atoms. The Morgan fingerprint density at radius 1 is 1.17 bits per heavy atom. The summed E-state index contributed by atoms with van der Waals surface area (Å²) in [5, 5.41) is 0. The predicted octanol–water partition coefficient (Wildman–Crippen LogP) is 3.88. The van der Waals surface area contributed by atoms with Gasteiger partial charge in [0.15, 0.2) is 4.47 Å². The Hall–Kier alpha value is -1.59. The molecule has 3 rings (SSSR count). The largest absolute Gasteiger partial charge is 0.368 e. The average Bonchev–Trinajstić information content (AvgIpc) is 2.97. The van der Waals surface area contributed by atoms with E-state index in [1.165, 1.54) is 17.0 Å². The maximum Gasteiger partial charge on any atom is 0.273 e. The summed E-state index contributed by atoms with van der Waals surface area (Å²) in [6, 6.07) is 10.3. The molecule has 0 saturated carbocycles. The van der Waals surface area contributed by atoms with Crippen molar-refractivity contribution < 1.29 is 4.79 Å². The Morgan fingerprint density at radius 3 is 2.43 bits per heavy atom. The van der Waals surface area contributed by atoms with Crippen LogP contribution in [-0.4, -0.2) is 42.0 Å². The summed E-state index contributed by atoms with van der Waals surface area (Å²) in [5.41, 5.74) is 1.74. The summed E-state index contributed by atoms with van der Waals surface area (Å²) in [7, 11) is 0. The van der Waals surface area contributed by atoms with Gasteiger partial charge in [0.05, 0.1) is 0 Å². The van der Waals surface area contributed by atoms with Gasteiger partial charge in [0.2, 0.25) is 0 Å². The number of amides is 1. The van der Waals surface area contributed by atoms with Crippen LogP contribution in [0.2, 0.25) is 4.47 Å². The third kappa shape index (κ3) is 3.51. The van der Waals surface area contributed by atoms with E-state index < -0.39 is 0 Å². The first-order valence-electron chi connectivity index (χ1n) is 7.81. The summed E-state index contributed by atoms with van der Waals surface area (Å²) in [6.45, 7) is 7.22. The van der Waals surface area contributed by atoms with Crippen molar-refractivity contribution in [3.05, 3.63) is 45.4 Å². The third-order valence-corrected chi connectivity index (χ3v) is 5.50. The van der Waals surface area contributed by atoms with Crippen LogP contribution in [0.3, 0.4) is 0 Å². The number of piperazine rings is 1. The minimum absolute atomic E-state index is 0.00422. The lowest BCUT2D eigenvalue weighted by Crippen LogP contribution is -2.49. The van der Waals surface area contributed by atoms with E-state index in [0.29, 0.717) is 23.3 Å². The molecule has 0 bridgehead atoms. The van der Waals surface area contributed by atoms with Crippen molar-refractivity contribution in [2.45, 2.75) is 19.8 Å². The summed E-state index contributed by atoms with van der Waals surface area (Å²) in [4.78, 5) is 22.2. The van der Waals surface area contributed by atoms with Gasteiger partial charge in [-0.1, -0.05) is 43.6 Å². The van der Waals surface area contributed by atoms with E-state index in [9.17, 15) is 4.79 Å². The fraction of sp³-hybridized carbons (Fsp3) is 0.412. The average molecular weight is 350 g/mol. The molecular weight excluding hydrogens is 330 g/mol. The lowest BCUT2D eigenvalue weighted by atomic mass is 10.1. The molecule has 1 aliphatic heterocycles. The molecule has 4 nitrogen and oxygen atoms in total. The van der Waals surface area contributed by atoms with E-state index in [4.69, 9.17) is 11.6 Å². The molecule has 0 atom stereocenters. The van der Waals surface area contributed by atoms with Crippen molar-refractivity contribution in [1.29, 1.82) is 0 Å². The van der Waals surface area contributed by atoms with Crippen LogP contribution in [0.5, 0.6) is 0 Å². The molecule has 0 unspecified atom stereocenters. The number of carbonyl (C=O) groups excluding carboxylic acids is 1. The monoisotopic (exact) mass is 349 g/mol. The van der Waals surface area contributed by atoms with Gasteiger partial charge in [-0.2, -0.15) is 0 Å². The number of thiazole rings is 1. The summed E-state index contributed by atoms with van der Waals surface area (Å²) < 4.78 is 0.444. The molecule has 1 fully saturated rings. The fourth-order valence-electron chi connectivity index (χ4n) is 2.81. The van der Waals surface area contributed by atoms with Gasteiger partial charge < -0.3 is 9.80 Å². The second kappa shape index (κ2) is 6.89. The highest BCUT2D eigenvalue weighted by Crippen LogP contribution is 2.30. The minimum Gasteiger partial charge on any atom is -0.368 e. The van der Waals surface area contributed by atoms with Crippen LogP contribution < -0.4 is 4.90 Å². The SMILES string of the molecule is CC(C)c1sc(Cl)nc1C(=O)N1CCN(c2ccccc2)CC1. The van der Waals surface area contributed by atoms with E-state index in [1.807, 2.05) is 23.1 Å². The molecule has 1 aliphatic rings. The zero-order valence-electron chi connectivity index (χ0n) is 13.3. The van der Waals surface area contributed by atoms with Gasteiger partial charge in [-0.25, -0.2) is 4.98 Å². The van der Waals surface area contributed by atoms with Crippen LogP contribution in [0.25, 0.3) is 0 Å². The molecule has 1 saturated heterocycles. The highest BCUT2D eigenvalue weighted by Gasteiger charge is 2.27. The number of hydrogen-bond acceptors (Lipinski definition) is 4. The summed E-state index contributed by atoms with van der Waals surface area (Å²) >= 11 is 7.43. The highest BCUT2D eigenvalue weighted by atomic mass is 35.5. The van der Waals surface area contributed by atoms with Crippen molar-refractivity contribution in [3.8, 4) is 0 Å². The number of para-hydroxylation sites is 1. The number of aromatic nitrogens is 1. The fourth-order valence-corrected chi connectivity index (χ4v) is 3.92. The van der Waals surface area contributed by atoms with Gasteiger partial charge in [-0.3, -0.25) is 4.79 Å². The molecule has 1 amide bonds. The number of nitrogens with zero attached hydrogens (tertiary/aromatic N) is 3. The van der Waals surface area contributed by atoms with Gasteiger partial charge >= 0.3 is 0 Å². The Morgan fingerprint density at radius 2 is 1.83 bits per heavy atom. The molecule has 23 heavy (non-hydrogen) atoms. The van der Waals surface area contributed by atoms with Crippen molar-refractivity contribution >= 4 is 34.5 Å². The topological polar surface area (TPSA) is 36.4 Å². The lowest BCUT2D eigenvalue weighted by Gasteiger charge is -2.36. The molecule has 1 aromatic carbocycles. The standard InChI is InChI=1S/C17H20ClN3OS/c1-12(2)15-14(19-17(18)23-15)16(22)21-10-8-20(9-11-21)13-6-4-3-5-7-13/h3-7,12H,8-11H2,1-2H3. The van der Waals surface area contributed by atoms with Crippen LogP contribution in [0.4, 0.5) is 5.69 Å². The zero-order valence-corrected chi connectivity index (χ0v) is 14.9. The van der Waals surface area contributed by atoms with Gasteiger partial charge in [0.1, 0.15) is 5.69 Å². The lowest BCUT2D eigenvalue weighted by molar-refractivity contribution is 0.0740. The van der Waals surface area contributed by atoms with Gasteiger partial charge in [-0.15, -0.1) is 11.3 Å². The van der Waals surface area contributed by atoms with E-state index in [2.05, 4.69) is 35.9 Å². The summed E-state index contributed by atoms with van der Waals surface area (Å²) in [6.07, 6.45) is 0. The van der Waals surface area contributed by atoms with E-state index in [-0.39, 0.29) is 11.8 Å². The first-order valence-corrected chi connectivity index (χ1v) is 9.01. The van der Waals surface area contributed by atoms with E-state index in [1.54, 1.807) is 0 Å². The van der Waals surface area contributed by atoms with Crippen molar-refractivity contribution in [1.82, 2.24) is 9.88 Å². The number of benzene rings is 1. The van der Waals surface area contributed by atoms with E-state index >= 15 is 0 Å². The molecule has 0 aliphatic carbocycles. The maximum atomic E-state index is 12.8.